The van der Waals surface area contributed by atoms with E-state index in [0.717, 1.165) is 11.1 Å². The van der Waals surface area contributed by atoms with Crippen molar-refractivity contribution >= 4 is 17.4 Å². The van der Waals surface area contributed by atoms with Crippen LogP contribution in [0.2, 0.25) is 0 Å². The van der Waals surface area contributed by atoms with Crippen molar-refractivity contribution in [2.75, 3.05) is 5.32 Å². The van der Waals surface area contributed by atoms with E-state index in [2.05, 4.69) is 10.3 Å². The zero-order chi connectivity index (χ0) is 13.7. The first kappa shape index (κ1) is 13.0. The second kappa shape index (κ2) is 5.91. The Balaban J connectivity index is 2.07. The number of nitrogens with one attached hydrogen (secondary N) is 1. The molecule has 4 heteroatoms. The molecule has 0 aliphatic rings. The zero-order valence-electron chi connectivity index (χ0n) is 10.6. The van der Waals surface area contributed by atoms with Crippen LogP contribution in [0.3, 0.4) is 0 Å². The highest BCUT2D eigenvalue weighted by Crippen LogP contribution is 2.20. The molecular weight excluding hydrogens is 240 g/mol. The third-order valence-corrected chi connectivity index (χ3v) is 2.57. The molecule has 2 aromatic rings. The van der Waals surface area contributed by atoms with Crippen molar-refractivity contribution in [3.05, 3.63) is 48.8 Å². The smallest absolute Gasteiger partial charge is 0.231 e. The van der Waals surface area contributed by atoms with Crippen molar-refractivity contribution in [3.8, 4) is 11.1 Å². The summed E-state index contributed by atoms with van der Waals surface area (Å²) in [5.41, 5.74) is 2.72. The number of carbonyl (C=O) groups is 2. The Kier molecular flexibility index (Phi) is 4.03. The number of Topliss-reactive ketones (excluding diaryl/α,β-unsaturated/α-hetero) is 1. The average Bonchev–Trinajstić information content (AvgIpc) is 2.39. The minimum atomic E-state index is -0.290. The second-order valence-corrected chi connectivity index (χ2v) is 4.25. The van der Waals surface area contributed by atoms with Gasteiger partial charge in [-0.15, -0.1) is 0 Å². The molecule has 1 heterocycles. The van der Waals surface area contributed by atoms with Crippen molar-refractivity contribution in [2.45, 2.75) is 13.3 Å². The molecule has 0 aliphatic carbocycles. The van der Waals surface area contributed by atoms with E-state index in [-0.39, 0.29) is 18.1 Å². The SMILES string of the molecule is CC(=O)CC(=O)Nc1ccc(-c2cccnc2)cc1. The van der Waals surface area contributed by atoms with Crippen LogP contribution in [-0.2, 0) is 9.59 Å². The number of pyridine rings is 1. The highest BCUT2D eigenvalue weighted by molar-refractivity contribution is 6.03. The minimum Gasteiger partial charge on any atom is -0.326 e. The molecule has 0 aliphatic heterocycles. The van der Waals surface area contributed by atoms with Gasteiger partial charge in [-0.1, -0.05) is 18.2 Å². The van der Waals surface area contributed by atoms with Crippen molar-refractivity contribution in [1.82, 2.24) is 4.98 Å². The molecule has 0 bridgehead atoms. The van der Waals surface area contributed by atoms with Crippen LogP contribution < -0.4 is 5.32 Å². The van der Waals surface area contributed by atoms with E-state index < -0.39 is 0 Å². The highest BCUT2D eigenvalue weighted by Gasteiger charge is 2.05. The fourth-order valence-corrected chi connectivity index (χ4v) is 1.71. The predicted molar refractivity (Wildman–Crippen MR) is 73.6 cm³/mol. The molecule has 0 saturated heterocycles. The fraction of sp³-hybridized carbons (Fsp3) is 0.133. The van der Waals surface area contributed by atoms with Crippen molar-refractivity contribution < 1.29 is 9.59 Å². The minimum absolute atomic E-state index is 0.0929. The van der Waals surface area contributed by atoms with Gasteiger partial charge in [-0.25, -0.2) is 0 Å². The van der Waals surface area contributed by atoms with Gasteiger partial charge in [0.15, 0.2) is 0 Å². The fourth-order valence-electron chi connectivity index (χ4n) is 1.71. The van der Waals surface area contributed by atoms with Gasteiger partial charge in [-0.05, 0) is 36.2 Å². The zero-order valence-corrected chi connectivity index (χ0v) is 10.6. The van der Waals surface area contributed by atoms with Crippen molar-refractivity contribution in [3.63, 3.8) is 0 Å². The number of amides is 1. The largest absolute Gasteiger partial charge is 0.326 e. The van der Waals surface area contributed by atoms with Gasteiger partial charge in [-0.3, -0.25) is 14.6 Å². The molecule has 0 saturated carbocycles. The van der Waals surface area contributed by atoms with Gasteiger partial charge in [0.05, 0.1) is 6.42 Å². The molecule has 0 radical (unpaired) electrons. The molecule has 1 N–H and O–H groups in total. The molecule has 0 atom stereocenters. The topological polar surface area (TPSA) is 59.1 Å². The maximum Gasteiger partial charge on any atom is 0.231 e. The van der Waals surface area contributed by atoms with E-state index in [0.29, 0.717) is 5.69 Å². The maximum absolute atomic E-state index is 11.4. The quantitative estimate of drug-likeness (QED) is 0.853. The summed E-state index contributed by atoms with van der Waals surface area (Å²) in [4.78, 5) is 26.3. The summed E-state index contributed by atoms with van der Waals surface area (Å²) >= 11 is 0. The molecular formula is C15H14N2O2. The van der Waals surface area contributed by atoms with Crippen LogP contribution in [0, 0.1) is 0 Å². The van der Waals surface area contributed by atoms with Gasteiger partial charge in [-0.2, -0.15) is 0 Å². The van der Waals surface area contributed by atoms with Crippen LogP contribution in [0.4, 0.5) is 5.69 Å². The first-order chi connectivity index (χ1) is 9.15. The highest BCUT2D eigenvalue weighted by atomic mass is 16.2. The summed E-state index contributed by atoms with van der Waals surface area (Å²) in [5.74, 6) is -0.439. The molecule has 0 spiro atoms. The van der Waals surface area contributed by atoms with E-state index in [1.807, 2.05) is 24.3 Å². The lowest BCUT2D eigenvalue weighted by Gasteiger charge is -2.05. The van der Waals surface area contributed by atoms with Crippen LogP contribution in [-0.4, -0.2) is 16.7 Å². The number of carbonyl (C=O) groups excluding carboxylic acids is 2. The summed E-state index contributed by atoms with van der Waals surface area (Å²) in [6.45, 7) is 1.39. The molecule has 1 amide bonds. The number of benzene rings is 1. The number of hydrogen-bond acceptors (Lipinski definition) is 3. The lowest BCUT2D eigenvalue weighted by Crippen LogP contribution is -2.14. The molecule has 19 heavy (non-hydrogen) atoms. The van der Waals surface area contributed by atoms with Gasteiger partial charge < -0.3 is 5.32 Å². The predicted octanol–water partition coefficient (Wildman–Crippen LogP) is 2.67. The van der Waals surface area contributed by atoms with E-state index >= 15 is 0 Å². The first-order valence-corrected chi connectivity index (χ1v) is 5.95. The number of rotatable bonds is 4. The molecule has 96 valence electrons. The summed E-state index contributed by atoms with van der Waals surface area (Å²) in [6, 6.07) is 11.3. The monoisotopic (exact) mass is 254 g/mol. The van der Waals surface area contributed by atoms with Gasteiger partial charge in [0, 0.05) is 18.1 Å². The maximum atomic E-state index is 11.4. The molecule has 1 aromatic carbocycles. The molecule has 0 unspecified atom stereocenters. The van der Waals surface area contributed by atoms with Crippen LogP contribution in [0.5, 0.6) is 0 Å². The molecule has 4 nitrogen and oxygen atoms in total. The van der Waals surface area contributed by atoms with Gasteiger partial charge in [0.25, 0.3) is 0 Å². The lowest BCUT2D eigenvalue weighted by molar-refractivity contribution is -0.124. The average molecular weight is 254 g/mol. The molecule has 0 fully saturated rings. The van der Waals surface area contributed by atoms with Gasteiger partial charge >= 0.3 is 0 Å². The Morgan fingerprint density at radius 1 is 1.11 bits per heavy atom. The number of ketones is 1. The number of aromatic nitrogens is 1. The van der Waals surface area contributed by atoms with E-state index in [9.17, 15) is 9.59 Å². The Morgan fingerprint density at radius 3 is 2.42 bits per heavy atom. The Labute approximate surface area is 111 Å². The van der Waals surface area contributed by atoms with Crippen LogP contribution in [0.25, 0.3) is 11.1 Å². The Bertz CT molecular complexity index is 577. The lowest BCUT2D eigenvalue weighted by atomic mass is 10.1. The third kappa shape index (κ3) is 3.74. The van der Waals surface area contributed by atoms with E-state index in [1.165, 1.54) is 6.92 Å². The summed E-state index contributed by atoms with van der Waals surface area (Å²) in [7, 11) is 0. The summed E-state index contributed by atoms with van der Waals surface area (Å²) in [5, 5.41) is 2.68. The van der Waals surface area contributed by atoms with E-state index in [1.54, 1.807) is 24.5 Å². The molecule has 2 rings (SSSR count). The van der Waals surface area contributed by atoms with Gasteiger partial charge in [0.1, 0.15) is 5.78 Å². The number of nitrogens with zero attached hydrogens (tertiary/aromatic N) is 1. The normalized spacial score (nSPS) is 9.95. The van der Waals surface area contributed by atoms with E-state index in [4.69, 9.17) is 0 Å². The van der Waals surface area contributed by atoms with Gasteiger partial charge in [0.2, 0.25) is 5.91 Å². The van der Waals surface area contributed by atoms with Crippen molar-refractivity contribution in [1.29, 1.82) is 0 Å². The number of anilines is 1. The number of hydrogen-bond donors (Lipinski definition) is 1. The van der Waals surface area contributed by atoms with Crippen molar-refractivity contribution in [2.24, 2.45) is 0 Å². The van der Waals surface area contributed by atoms with Crippen LogP contribution >= 0.6 is 0 Å². The van der Waals surface area contributed by atoms with Crippen LogP contribution in [0.1, 0.15) is 13.3 Å². The Hall–Kier alpha value is -2.49. The van der Waals surface area contributed by atoms with Crippen LogP contribution in [0.15, 0.2) is 48.8 Å². The summed E-state index contributed by atoms with van der Waals surface area (Å²) < 4.78 is 0. The second-order valence-electron chi connectivity index (χ2n) is 4.25. The third-order valence-electron chi connectivity index (χ3n) is 2.57. The summed E-state index contributed by atoms with van der Waals surface area (Å²) in [6.07, 6.45) is 3.41. The first-order valence-electron chi connectivity index (χ1n) is 5.95. The Morgan fingerprint density at radius 2 is 1.84 bits per heavy atom. The molecule has 1 aromatic heterocycles. The standard InChI is InChI=1S/C15H14N2O2/c1-11(18)9-15(19)17-14-6-4-12(5-7-14)13-3-2-8-16-10-13/h2-8,10H,9H2,1H3,(H,17,19).